The second kappa shape index (κ2) is 9.81. The summed E-state index contributed by atoms with van der Waals surface area (Å²) < 4.78 is 2.25. The van der Waals surface area contributed by atoms with Gasteiger partial charge in [0.2, 0.25) is 5.69 Å². The van der Waals surface area contributed by atoms with Crippen molar-refractivity contribution >= 4 is 48.7 Å². The minimum atomic E-state index is 0.820. The van der Waals surface area contributed by atoms with E-state index in [1.807, 2.05) is 14.1 Å². The van der Waals surface area contributed by atoms with Gasteiger partial charge in [-0.1, -0.05) is 0 Å². The van der Waals surface area contributed by atoms with E-state index in [2.05, 4.69) is 92.6 Å². The standard InChI is InChI=1S/C15H24N3.I2/c1-10-8-18(9-11(2)16-6)15(14(5)17-7)13(4)12(10)3;1-2/h8H,9H2,1-7H3;/q+1;. The van der Waals surface area contributed by atoms with Crippen molar-refractivity contribution in [1.29, 1.82) is 0 Å². The lowest BCUT2D eigenvalue weighted by molar-refractivity contribution is -0.683. The molecule has 0 aliphatic rings. The molecule has 5 heteroatoms. The van der Waals surface area contributed by atoms with Crippen LogP contribution in [0.25, 0.3) is 0 Å². The first-order chi connectivity index (χ1) is 9.42. The highest BCUT2D eigenvalue weighted by molar-refractivity contribution is 15.0. The molecule has 0 unspecified atom stereocenters. The van der Waals surface area contributed by atoms with Gasteiger partial charge in [-0.05, 0) is 40.2 Å². The maximum atomic E-state index is 4.34. The average Bonchev–Trinajstić information content (AvgIpc) is 2.46. The fourth-order valence-corrected chi connectivity index (χ4v) is 2.11. The lowest BCUT2D eigenvalue weighted by atomic mass is 10.0. The van der Waals surface area contributed by atoms with E-state index in [9.17, 15) is 0 Å². The van der Waals surface area contributed by atoms with Gasteiger partial charge in [-0.2, -0.15) is 4.57 Å². The lowest BCUT2D eigenvalue weighted by Crippen LogP contribution is -2.44. The van der Waals surface area contributed by atoms with E-state index < -0.39 is 0 Å². The first-order valence-corrected chi connectivity index (χ1v) is 12.7. The predicted molar refractivity (Wildman–Crippen MR) is 106 cm³/mol. The van der Waals surface area contributed by atoms with Crippen molar-refractivity contribution in [3.05, 3.63) is 28.6 Å². The number of nitrogens with zero attached hydrogens (tertiary/aromatic N) is 3. The molecular weight excluding hydrogens is 476 g/mol. The van der Waals surface area contributed by atoms with Crippen molar-refractivity contribution in [2.24, 2.45) is 9.98 Å². The Labute approximate surface area is 146 Å². The van der Waals surface area contributed by atoms with Crippen LogP contribution in [0, 0.1) is 20.8 Å². The van der Waals surface area contributed by atoms with Gasteiger partial charge in [-0.15, -0.1) is 0 Å². The number of pyridine rings is 1. The molecule has 0 spiro atoms. The van der Waals surface area contributed by atoms with E-state index in [0.717, 1.165) is 18.0 Å². The molecule has 0 radical (unpaired) electrons. The molecule has 1 aromatic heterocycles. The highest BCUT2D eigenvalue weighted by atomic mass is 128. The van der Waals surface area contributed by atoms with Crippen LogP contribution in [0.15, 0.2) is 16.2 Å². The predicted octanol–water partition coefficient (Wildman–Crippen LogP) is 4.20. The number of hydrogen-bond donors (Lipinski definition) is 0. The number of halogens is 2. The van der Waals surface area contributed by atoms with Gasteiger partial charge in [0.05, 0.1) is 5.71 Å². The quantitative estimate of drug-likeness (QED) is 0.339. The monoisotopic (exact) mass is 500 g/mol. The minimum Gasteiger partial charge on any atom is -0.291 e. The van der Waals surface area contributed by atoms with Crippen LogP contribution in [0.4, 0.5) is 0 Å². The second-order valence-corrected chi connectivity index (χ2v) is 4.81. The van der Waals surface area contributed by atoms with Gasteiger partial charge in [0.25, 0.3) is 0 Å². The Morgan fingerprint density at radius 2 is 1.60 bits per heavy atom. The Bertz CT molecular complexity index is 520. The maximum Gasteiger partial charge on any atom is 0.229 e. The number of aliphatic imine (C=N–C) groups is 2. The normalized spacial score (nSPS) is 12.1. The average molecular weight is 500 g/mol. The summed E-state index contributed by atoms with van der Waals surface area (Å²) in [6, 6.07) is 0. The molecule has 0 aliphatic heterocycles. The molecule has 1 heterocycles. The van der Waals surface area contributed by atoms with Gasteiger partial charge in [0.15, 0.2) is 12.7 Å². The van der Waals surface area contributed by atoms with E-state index in [0.29, 0.717) is 0 Å². The fourth-order valence-electron chi connectivity index (χ4n) is 2.11. The Morgan fingerprint density at radius 1 is 1.05 bits per heavy atom. The zero-order valence-electron chi connectivity index (χ0n) is 13.4. The maximum absolute atomic E-state index is 4.34. The molecule has 0 saturated heterocycles. The highest BCUT2D eigenvalue weighted by Gasteiger charge is 2.20. The molecule has 3 nitrogen and oxygen atoms in total. The molecule has 0 bridgehead atoms. The molecule has 0 amide bonds. The Hall–Kier alpha value is -0.0500. The number of rotatable bonds is 3. The van der Waals surface area contributed by atoms with Crippen LogP contribution in [0.2, 0.25) is 0 Å². The van der Waals surface area contributed by atoms with Crippen LogP contribution in [0.1, 0.15) is 36.2 Å². The van der Waals surface area contributed by atoms with Crippen LogP contribution in [0.3, 0.4) is 0 Å². The van der Waals surface area contributed by atoms with Crippen LogP contribution in [-0.2, 0) is 6.54 Å². The number of aromatic nitrogens is 1. The Morgan fingerprint density at radius 3 is 2.05 bits per heavy atom. The SMILES string of the molecule is CN=C(C)C[n+]1cc(C)c(C)c(C)c1C(C)=NC.II. The summed E-state index contributed by atoms with van der Waals surface area (Å²) in [5.74, 6) is 0. The van der Waals surface area contributed by atoms with Gasteiger partial charge < -0.3 is 0 Å². The molecule has 0 atom stereocenters. The molecule has 0 N–H and O–H groups in total. The topological polar surface area (TPSA) is 28.6 Å². The molecule has 1 rings (SSSR count). The van der Waals surface area contributed by atoms with Gasteiger partial charge in [-0.25, -0.2) is 0 Å². The third-order valence-corrected chi connectivity index (χ3v) is 3.60. The highest BCUT2D eigenvalue weighted by Crippen LogP contribution is 2.14. The molecule has 20 heavy (non-hydrogen) atoms. The Balaban J connectivity index is 0.00000172. The van der Waals surface area contributed by atoms with Crippen molar-refractivity contribution in [3.8, 4) is 0 Å². The molecule has 0 fully saturated rings. The molecule has 0 aromatic carbocycles. The first kappa shape index (κ1) is 19.9. The smallest absolute Gasteiger partial charge is 0.229 e. The van der Waals surface area contributed by atoms with Gasteiger partial charge in [-0.3, -0.25) is 9.98 Å². The van der Waals surface area contributed by atoms with E-state index in [1.54, 1.807) is 0 Å². The summed E-state index contributed by atoms with van der Waals surface area (Å²) in [5, 5.41) is 0. The van der Waals surface area contributed by atoms with E-state index >= 15 is 0 Å². The van der Waals surface area contributed by atoms with Crippen molar-refractivity contribution in [3.63, 3.8) is 0 Å². The Kier molecular flexibility index (Phi) is 9.78. The van der Waals surface area contributed by atoms with Crippen LogP contribution >= 0.6 is 37.2 Å². The zero-order chi connectivity index (χ0) is 15.9. The molecular formula is C15H24I2N3+. The summed E-state index contributed by atoms with van der Waals surface area (Å²) in [7, 11) is 3.68. The second-order valence-electron chi connectivity index (χ2n) is 4.81. The van der Waals surface area contributed by atoms with E-state index in [-0.39, 0.29) is 0 Å². The number of hydrogen-bond acceptors (Lipinski definition) is 2. The summed E-state index contributed by atoms with van der Waals surface area (Å²) >= 11 is 4.24. The molecule has 112 valence electrons. The summed E-state index contributed by atoms with van der Waals surface area (Å²) in [5.41, 5.74) is 7.36. The van der Waals surface area contributed by atoms with Crippen molar-refractivity contribution in [2.75, 3.05) is 14.1 Å². The third-order valence-electron chi connectivity index (χ3n) is 3.60. The first-order valence-electron chi connectivity index (χ1n) is 6.42. The third kappa shape index (κ3) is 5.05. The van der Waals surface area contributed by atoms with Gasteiger partial charge in [0.1, 0.15) is 5.71 Å². The van der Waals surface area contributed by atoms with Crippen LogP contribution in [0.5, 0.6) is 0 Å². The molecule has 0 aliphatic carbocycles. The lowest BCUT2D eigenvalue weighted by Gasteiger charge is -2.11. The summed E-state index contributed by atoms with van der Waals surface area (Å²) in [6.45, 7) is 11.4. The summed E-state index contributed by atoms with van der Waals surface area (Å²) in [4.78, 5) is 8.59. The summed E-state index contributed by atoms with van der Waals surface area (Å²) in [6.07, 6.45) is 2.20. The van der Waals surface area contributed by atoms with E-state index in [4.69, 9.17) is 0 Å². The number of aryl methyl sites for hydroxylation is 1. The largest absolute Gasteiger partial charge is 0.291 e. The van der Waals surface area contributed by atoms with Crippen molar-refractivity contribution < 1.29 is 4.57 Å². The minimum absolute atomic E-state index is 0.820. The van der Waals surface area contributed by atoms with Crippen LogP contribution in [-0.4, -0.2) is 25.5 Å². The molecule has 1 aromatic rings. The van der Waals surface area contributed by atoms with Crippen molar-refractivity contribution in [2.45, 2.75) is 41.2 Å². The fraction of sp³-hybridized carbons (Fsp3) is 0.533. The van der Waals surface area contributed by atoms with Crippen molar-refractivity contribution in [1.82, 2.24) is 0 Å². The zero-order valence-corrected chi connectivity index (χ0v) is 17.7. The van der Waals surface area contributed by atoms with Gasteiger partial charge in [0, 0.05) is 62.5 Å². The van der Waals surface area contributed by atoms with Crippen LogP contribution < -0.4 is 4.57 Å². The van der Waals surface area contributed by atoms with Gasteiger partial charge >= 0.3 is 0 Å². The van der Waals surface area contributed by atoms with E-state index in [1.165, 1.54) is 22.4 Å². The molecule has 0 saturated carbocycles.